The van der Waals surface area contributed by atoms with Crippen LogP contribution in [0.5, 0.6) is 0 Å². The van der Waals surface area contributed by atoms with Gasteiger partial charge in [-0.2, -0.15) is 5.10 Å². The van der Waals surface area contributed by atoms with Gasteiger partial charge in [-0.05, 0) is 24.4 Å². The van der Waals surface area contributed by atoms with Crippen LogP contribution in [0.2, 0.25) is 0 Å². The van der Waals surface area contributed by atoms with Crippen LogP contribution >= 0.6 is 12.2 Å². The van der Waals surface area contributed by atoms with E-state index in [9.17, 15) is 14.5 Å². The number of hydrogen-bond donors (Lipinski definition) is 2. The van der Waals surface area contributed by atoms with Crippen molar-refractivity contribution in [1.82, 2.24) is 5.43 Å². The predicted molar refractivity (Wildman–Crippen MR) is 86.4 cm³/mol. The summed E-state index contributed by atoms with van der Waals surface area (Å²) >= 11 is 4.97. The SMILES string of the molecule is O=[N+]([O-])c1cccc(/C=N\NC(=S)Nc2ccccc2F)c1. The maximum absolute atomic E-state index is 13.4. The highest BCUT2D eigenvalue weighted by Gasteiger charge is 2.04. The molecule has 112 valence electrons. The fourth-order valence-electron chi connectivity index (χ4n) is 1.60. The van der Waals surface area contributed by atoms with E-state index in [1.54, 1.807) is 24.3 Å². The summed E-state index contributed by atoms with van der Waals surface area (Å²) in [6.07, 6.45) is 1.38. The van der Waals surface area contributed by atoms with Crippen molar-refractivity contribution in [3.05, 3.63) is 70.0 Å². The number of hydrogen-bond acceptors (Lipinski definition) is 4. The molecule has 2 aromatic carbocycles. The van der Waals surface area contributed by atoms with Crippen molar-refractivity contribution in [3.63, 3.8) is 0 Å². The van der Waals surface area contributed by atoms with Gasteiger partial charge >= 0.3 is 0 Å². The summed E-state index contributed by atoms with van der Waals surface area (Å²) in [5, 5.41) is 17.2. The molecule has 2 aromatic rings. The zero-order chi connectivity index (χ0) is 15.9. The molecular formula is C14H11FN4O2S. The van der Waals surface area contributed by atoms with E-state index < -0.39 is 10.7 Å². The van der Waals surface area contributed by atoms with Crippen LogP contribution < -0.4 is 10.7 Å². The molecule has 2 N–H and O–H groups in total. The molecule has 0 amide bonds. The highest BCUT2D eigenvalue weighted by atomic mass is 32.1. The van der Waals surface area contributed by atoms with E-state index in [0.29, 0.717) is 5.56 Å². The largest absolute Gasteiger partial charge is 0.329 e. The van der Waals surface area contributed by atoms with Crippen LogP contribution in [0.3, 0.4) is 0 Å². The molecule has 0 fully saturated rings. The molecule has 0 unspecified atom stereocenters. The first kappa shape index (κ1) is 15.5. The summed E-state index contributed by atoms with van der Waals surface area (Å²) in [7, 11) is 0. The zero-order valence-corrected chi connectivity index (χ0v) is 12.0. The van der Waals surface area contributed by atoms with E-state index in [-0.39, 0.29) is 16.5 Å². The molecule has 0 heterocycles. The lowest BCUT2D eigenvalue weighted by molar-refractivity contribution is -0.384. The van der Waals surface area contributed by atoms with Gasteiger partial charge in [-0.1, -0.05) is 24.3 Å². The maximum atomic E-state index is 13.4. The number of para-hydroxylation sites is 1. The Labute approximate surface area is 130 Å². The second-order valence-corrected chi connectivity index (χ2v) is 4.56. The summed E-state index contributed by atoms with van der Waals surface area (Å²) in [6.45, 7) is 0. The predicted octanol–water partition coefficient (Wildman–Crippen LogP) is 3.05. The van der Waals surface area contributed by atoms with Gasteiger partial charge < -0.3 is 5.32 Å². The van der Waals surface area contributed by atoms with Crippen molar-refractivity contribution < 1.29 is 9.31 Å². The molecule has 22 heavy (non-hydrogen) atoms. The number of anilines is 1. The molecule has 2 rings (SSSR count). The first-order valence-electron chi connectivity index (χ1n) is 6.15. The van der Waals surface area contributed by atoms with Crippen LogP contribution in [-0.4, -0.2) is 16.3 Å². The van der Waals surface area contributed by atoms with E-state index in [2.05, 4.69) is 15.8 Å². The number of non-ortho nitro benzene ring substituents is 1. The molecule has 0 radical (unpaired) electrons. The molecule has 0 aliphatic rings. The average Bonchev–Trinajstić information content (AvgIpc) is 2.50. The fourth-order valence-corrected chi connectivity index (χ4v) is 1.76. The number of rotatable bonds is 4. The monoisotopic (exact) mass is 318 g/mol. The summed E-state index contributed by atoms with van der Waals surface area (Å²) < 4.78 is 13.4. The first-order chi connectivity index (χ1) is 10.6. The molecule has 8 heteroatoms. The highest BCUT2D eigenvalue weighted by Crippen LogP contribution is 2.12. The van der Waals surface area contributed by atoms with E-state index in [1.807, 2.05) is 0 Å². The zero-order valence-electron chi connectivity index (χ0n) is 11.2. The minimum Gasteiger partial charge on any atom is -0.329 e. The number of halogens is 1. The lowest BCUT2D eigenvalue weighted by Crippen LogP contribution is -2.24. The molecule has 0 saturated heterocycles. The van der Waals surface area contributed by atoms with Crippen LogP contribution in [0.1, 0.15) is 5.56 Å². The number of thiocarbonyl (C=S) groups is 1. The van der Waals surface area contributed by atoms with Crippen molar-refractivity contribution in [2.45, 2.75) is 0 Å². The van der Waals surface area contributed by atoms with Gasteiger partial charge in [0.05, 0.1) is 16.8 Å². The van der Waals surface area contributed by atoms with Crippen LogP contribution in [0, 0.1) is 15.9 Å². The normalized spacial score (nSPS) is 10.4. The number of nitrogens with zero attached hydrogens (tertiary/aromatic N) is 2. The Hall–Kier alpha value is -2.87. The average molecular weight is 318 g/mol. The van der Waals surface area contributed by atoms with Crippen molar-refractivity contribution in [2.75, 3.05) is 5.32 Å². The van der Waals surface area contributed by atoms with Gasteiger partial charge in [0, 0.05) is 17.7 Å². The third kappa shape index (κ3) is 4.32. The van der Waals surface area contributed by atoms with Gasteiger partial charge in [0.25, 0.3) is 5.69 Å². The Balaban J connectivity index is 1.95. The van der Waals surface area contributed by atoms with Gasteiger partial charge in [-0.3, -0.25) is 15.5 Å². The Bertz CT molecular complexity index is 736. The van der Waals surface area contributed by atoms with Crippen LogP contribution in [0.4, 0.5) is 15.8 Å². The quantitative estimate of drug-likeness (QED) is 0.392. The summed E-state index contributed by atoms with van der Waals surface area (Å²) in [6, 6.07) is 12.0. The second kappa shape index (κ2) is 7.23. The van der Waals surface area contributed by atoms with Gasteiger partial charge in [0.2, 0.25) is 0 Å². The molecule has 6 nitrogen and oxygen atoms in total. The molecule has 0 atom stereocenters. The minimum absolute atomic E-state index is 0.0315. The number of hydrazone groups is 1. The van der Waals surface area contributed by atoms with E-state index in [4.69, 9.17) is 12.2 Å². The van der Waals surface area contributed by atoms with Gasteiger partial charge in [-0.25, -0.2) is 4.39 Å². The topological polar surface area (TPSA) is 79.6 Å². The Morgan fingerprint density at radius 1 is 1.27 bits per heavy atom. The minimum atomic E-state index is -0.491. The Morgan fingerprint density at radius 3 is 2.77 bits per heavy atom. The molecule has 0 spiro atoms. The Kier molecular flexibility index (Phi) is 5.10. The lowest BCUT2D eigenvalue weighted by Gasteiger charge is -2.07. The smallest absolute Gasteiger partial charge is 0.270 e. The maximum Gasteiger partial charge on any atom is 0.270 e. The fraction of sp³-hybridized carbons (Fsp3) is 0. The lowest BCUT2D eigenvalue weighted by atomic mass is 10.2. The molecular weight excluding hydrogens is 307 g/mol. The summed E-state index contributed by atoms with van der Waals surface area (Å²) in [5.41, 5.74) is 3.24. The van der Waals surface area contributed by atoms with Crippen molar-refractivity contribution in [3.8, 4) is 0 Å². The standard InChI is InChI=1S/C14H11FN4O2S/c15-12-6-1-2-7-13(12)17-14(22)18-16-9-10-4-3-5-11(8-10)19(20)21/h1-9H,(H2,17,18,22)/b16-9-. The van der Waals surface area contributed by atoms with E-state index >= 15 is 0 Å². The summed E-state index contributed by atoms with van der Waals surface area (Å²) in [5.74, 6) is -0.436. The molecule has 0 aromatic heterocycles. The number of nitro benzene ring substituents is 1. The second-order valence-electron chi connectivity index (χ2n) is 4.16. The summed E-state index contributed by atoms with van der Waals surface area (Å²) in [4.78, 5) is 10.2. The van der Waals surface area contributed by atoms with Crippen molar-refractivity contribution in [2.24, 2.45) is 5.10 Å². The Morgan fingerprint density at radius 2 is 2.05 bits per heavy atom. The molecule has 0 aliphatic carbocycles. The van der Waals surface area contributed by atoms with Crippen LogP contribution in [0.25, 0.3) is 0 Å². The van der Waals surface area contributed by atoms with Crippen LogP contribution in [0.15, 0.2) is 53.6 Å². The van der Waals surface area contributed by atoms with Gasteiger partial charge in [0.1, 0.15) is 5.82 Å². The molecule has 0 aliphatic heterocycles. The van der Waals surface area contributed by atoms with Crippen molar-refractivity contribution >= 4 is 34.9 Å². The third-order valence-electron chi connectivity index (χ3n) is 2.58. The number of nitro groups is 1. The number of nitrogens with one attached hydrogen (secondary N) is 2. The van der Waals surface area contributed by atoms with Crippen LogP contribution in [-0.2, 0) is 0 Å². The van der Waals surface area contributed by atoms with Gasteiger partial charge in [0.15, 0.2) is 5.11 Å². The number of benzene rings is 2. The van der Waals surface area contributed by atoms with E-state index in [0.717, 1.165) is 0 Å². The highest BCUT2D eigenvalue weighted by molar-refractivity contribution is 7.80. The van der Waals surface area contributed by atoms with Crippen molar-refractivity contribution in [1.29, 1.82) is 0 Å². The molecule has 0 bridgehead atoms. The van der Waals surface area contributed by atoms with Gasteiger partial charge in [-0.15, -0.1) is 0 Å². The molecule has 0 saturated carbocycles. The van der Waals surface area contributed by atoms with E-state index in [1.165, 1.54) is 30.5 Å². The third-order valence-corrected chi connectivity index (χ3v) is 2.78. The first-order valence-corrected chi connectivity index (χ1v) is 6.56.